The second kappa shape index (κ2) is 5.98. The van der Waals surface area contributed by atoms with Gasteiger partial charge in [0.15, 0.2) is 0 Å². The van der Waals surface area contributed by atoms with Gasteiger partial charge in [0.05, 0.1) is 0 Å². The van der Waals surface area contributed by atoms with Crippen molar-refractivity contribution in [3.8, 4) is 0 Å². The lowest BCUT2D eigenvalue weighted by Gasteiger charge is -2.32. The zero-order valence-corrected chi connectivity index (χ0v) is 8.87. The van der Waals surface area contributed by atoms with Crippen molar-refractivity contribution in [2.24, 2.45) is 0 Å². The first-order chi connectivity index (χ1) is 6.74. The van der Waals surface area contributed by atoms with Crippen LogP contribution >= 0.6 is 0 Å². The normalized spacial score (nSPS) is 18.6. The number of amides is 1. The number of nitrogens with zero attached hydrogens (tertiary/aromatic N) is 2. The van der Waals surface area contributed by atoms with Crippen LogP contribution in [0.1, 0.15) is 6.42 Å². The van der Waals surface area contributed by atoms with E-state index in [0.29, 0.717) is 6.61 Å². The van der Waals surface area contributed by atoms with Crippen molar-refractivity contribution in [2.45, 2.75) is 6.42 Å². The monoisotopic (exact) mass is 199 g/mol. The standard InChI is InChI=1S/C10H19N2O2/c1-3-8-14-9-10(13)12-6-4-11(2)5-7-12/h1,3-9H2,2H3. The van der Waals surface area contributed by atoms with E-state index in [1.54, 1.807) is 0 Å². The lowest BCUT2D eigenvalue weighted by atomic mass is 10.3. The minimum Gasteiger partial charge on any atom is -0.372 e. The third kappa shape index (κ3) is 3.64. The van der Waals surface area contributed by atoms with Crippen LogP contribution in [0.15, 0.2) is 0 Å². The Bertz CT molecular complexity index is 177. The van der Waals surface area contributed by atoms with Gasteiger partial charge in [0.2, 0.25) is 5.91 Å². The zero-order valence-electron chi connectivity index (χ0n) is 8.87. The predicted octanol–water partition coefficient (Wildman–Crippen LogP) is 0.00119. The molecule has 1 radical (unpaired) electrons. The fraction of sp³-hybridized carbons (Fsp3) is 0.800. The van der Waals surface area contributed by atoms with Crippen LogP contribution in [0.25, 0.3) is 0 Å². The summed E-state index contributed by atoms with van der Waals surface area (Å²) >= 11 is 0. The molecule has 81 valence electrons. The molecule has 0 saturated carbocycles. The number of carbonyl (C=O) groups is 1. The fourth-order valence-electron chi connectivity index (χ4n) is 1.41. The van der Waals surface area contributed by atoms with Gasteiger partial charge in [-0.2, -0.15) is 0 Å². The van der Waals surface area contributed by atoms with Gasteiger partial charge in [0.25, 0.3) is 0 Å². The molecule has 0 aromatic heterocycles. The van der Waals surface area contributed by atoms with Crippen molar-refractivity contribution in [1.29, 1.82) is 0 Å². The Morgan fingerprint density at radius 2 is 2.00 bits per heavy atom. The molecule has 14 heavy (non-hydrogen) atoms. The van der Waals surface area contributed by atoms with E-state index in [-0.39, 0.29) is 12.5 Å². The van der Waals surface area contributed by atoms with Gasteiger partial charge in [-0.3, -0.25) is 4.79 Å². The van der Waals surface area contributed by atoms with E-state index in [4.69, 9.17) is 4.74 Å². The van der Waals surface area contributed by atoms with Crippen LogP contribution in [-0.4, -0.2) is 62.1 Å². The molecular formula is C10H19N2O2. The minimum atomic E-state index is 0.103. The molecule has 0 spiro atoms. The van der Waals surface area contributed by atoms with Gasteiger partial charge in [0, 0.05) is 32.8 Å². The number of rotatable bonds is 4. The largest absolute Gasteiger partial charge is 0.372 e. The van der Waals surface area contributed by atoms with Gasteiger partial charge in [-0.1, -0.05) is 6.92 Å². The summed E-state index contributed by atoms with van der Waals surface area (Å²) in [4.78, 5) is 15.6. The van der Waals surface area contributed by atoms with E-state index in [1.807, 2.05) is 4.90 Å². The highest BCUT2D eigenvalue weighted by molar-refractivity contribution is 5.77. The predicted molar refractivity (Wildman–Crippen MR) is 54.9 cm³/mol. The Morgan fingerprint density at radius 3 is 2.57 bits per heavy atom. The maximum Gasteiger partial charge on any atom is 0.248 e. The van der Waals surface area contributed by atoms with Gasteiger partial charge in [-0.05, 0) is 13.5 Å². The van der Waals surface area contributed by atoms with Crippen LogP contribution < -0.4 is 0 Å². The third-order valence-corrected chi connectivity index (χ3v) is 2.37. The molecule has 0 aromatic rings. The molecule has 1 aliphatic heterocycles. The highest BCUT2D eigenvalue weighted by atomic mass is 16.5. The number of hydrogen-bond acceptors (Lipinski definition) is 3. The number of ether oxygens (including phenoxy) is 1. The molecule has 0 atom stereocenters. The Balaban J connectivity index is 2.17. The summed E-state index contributed by atoms with van der Waals surface area (Å²) < 4.78 is 5.16. The van der Waals surface area contributed by atoms with Crippen LogP contribution in [0.2, 0.25) is 0 Å². The fourth-order valence-corrected chi connectivity index (χ4v) is 1.41. The molecule has 4 nitrogen and oxygen atoms in total. The lowest BCUT2D eigenvalue weighted by Crippen LogP contribution is -2.48. The Hall–Kier alpha value is -0.610. The average Bonchev–Trinajstić information content (AvgIpc) is 2.19. The van der Waals surface area contributed by atoms with Crippen molar-refractivity contribution >= 4 is 5.91 Å². The second-order valence-corrected chi connectivity index (χ2v) is 3.59. The average molecular weight is 199 g/mol. The quantitative estimate of drug-likeness (QED) is 0.598. The lowest BCUT2D eigenvalue weighted by molar-refractivity contribution is -0.137. The highest BCUT2D eigenvalue weighted by Gasteiger charge is 2.18. The Morgan fingerprint density at radius 1 is 1.36 bits per heavy atom. The van der Waals surface area contributed by atoms with Gasteiger partial charge < -0.3 is 14.5 Å². The van der Waals surface area contributed by atoms with Crippen LogP contribution in [-0.2, 0) is 9.53 Å². The zero-order chi connectivity index (χ0) is 10.4. The maximum absolute atomic E-state index is 11.5. The first-order valence-corrected chi connectivity index (χ1v) is 5.07. The van der Waals surface area contributed by atoms with Gasteiger partial charge in [0.1, 0.15) is 6.61 Å². The van der Waals surface area contributed by atoms with Crippen molar-refractivity contribution in [2.75, 3.05) is 46.4 Å². The van der Waals surface area contributed by atoms with Crippen LogP contribution in [0.4, 0.5) is 0 Å². The van der Waals surface area contributed by atoms with E-state index in [9.17, 15) is 4.79 Å². The molecule has 1 fully saturated rings. The maximum atomic E-state index is 11.5. The smallest absolute Gasteiger partial charge is 0.248 e. The highest BCUT2D eigenvalue weighted by Crippen LogP contribution is 1.99. The van der Waals surface area contributed by atoms with Gasteiger partial charge >= 0.3 is 0 Å². The molecule has 0 bridgehead atoms. The molecule has 0 N–H and O–H groups in total. The molecule has 1 aliphatic rings. The van der Waals surface area contributed by atoms with Crippen molar-refractivity contribution in [1.82, 2.24) is 9.80 Å². The molecule has 1 saturated heterocycles. The first-order valence-electron chi connectivity index (χ1n) is 5.07. The van der Waals surface area contributed by atoms with Crippen molar-refractivity contribution in [3.05, 3.63) is 6.92 Å². The molecule has 1 rings (SSSR count). The molecule has 1 heterocycles. The Kier molecular flexibility index (Phi) is 4.90. The van der Waals surface area contributed by atoms with Gasteiger partial charge in [-0.25, -0.2) is 0 Å². The Labute approximate surface area is 85.8 Å². The number of carbonyl (C=O) groups excluding carboxylic acids is 1. The van der Waals surface area contributed by atoms with Crippen molar-refractivity contribution < 1.29 is 9.53 Å². The SMILES string of the molecule is [CH2]CCOCC(=O)N1CCN(C)CC1. The number of piperazine rings is 1. The summed E-state index contributed by atoms with van der Waals surface area (Å²) in [6, 6.07) is 0. The summed E-state index contributed by atoms with van der Waals surface area (Å²) in [6.07, 6.45) is 0.718. The molecule has 0 aromatic carbocycles. The molecule has 4 heteroatoms. The topological polar surface area (TPSA) is 32.8 Å². The summed E-state index contributed by atoms with van der Waals surface area (Å²) in [5.41, 5.74) is 0. The van der Waals surface area contributed by atoms with E-state index >= 15 is 0 Å². The summed E-state index contributed by atoms with van der Waals surface area (Å²) in [7, 11) is 2.07. The van der Waals surface area contributed by atoms with Crippen LogP contribution in [0, 0.1) is 6.92 Å². The molecule has 0 aliphatic carbocycles. The van der Waals surface area contributed by atoms with Crippen molar-refractivity contribution in [3.63, 3.8) is 0 Å². The molecule has 0 unspecified atom stereocenters. The number of hydrogen-bond donors (Lipinski definition) is 0. The van der Waals surface area contributed by atoms with E-state index in [0.717, 1.165) is 32.6 Å². The summed E-state index contributed by atoms with van der Waals surface area (Å²) in [5.74, 6) is 0.103. The van der Waals surface area contributed by atoms with E-state index < -0.39 is 0 Å². The van der Waals surface area contributed by atoms with Crippen LogP contribution in [0.3, 0.4) is 0 Å². The molecular weight excluding hydrogens is 180 g/mol. The summed E-state index contributed by atoms with van der Waals surface area (Å²) in [5, 5.41) is 0. The van der Waals surface area contributed by atoms with Crippen LogP contribution in [0.5, 0.6) is 0 Å². The first kappa shape index (κ1) is 11.5. The minimum absolute atomic E-state index is 0.103. The molecule has 1 amide bonds. The second-order valence-electron chi connectivity index (χ2n) is 3.59. The number of likely N-dealkylation sites (N-methyl/N-ethyl adjacent to an activating group) is 1. The van der Waals surface area contributed by atoms with Gasteiger partial charge in [-0.15, -0.1) is 0 Å². The van der Waals surface area contributed by atoms with E-state index in [2.05, 4.69) is 18.9 Å². The summed E-state index contributed by atoms with van der Waals surface area (Å²) in [6.45, 7) is 7.99. The van der Waals surface area contributed by atoms with E-state index in [1.165, 1.54) is 0 Å². The third-order valence-electron chi connectivity index (χ3n) is 2.37.